The van der Waals surface area contributed by atoms with Gasteiger partial charge in [0.15, 0.2) is 0 Å². The predicted molar refractivity (Wildman–Crippen MR) is 90.1 cm³/mol. The van der Waals surface area contributed by atoms with Crippen LogP contribution in [-0.2, 0) is 17.9 Å². The molecule has 2 heterocycles. The molecule has 1 aliphatic rings. The molecular weight excluding hydrogens is 290 g/mol. The normalized spacial score (nSPS) is 16.3. The highest BCUT2D eigenvalue weighted by molar-refractivity contribution is 5.82. The number of aliphatic hydroxyl groups excluding tert-OH is 1. The molecule has 0 radical (unpaired) electrons. The van der Waals surface area contributed by atoms with Crippen molar-refractivity contribution < 1.29 is 9.90 Å². The summed E-state index contributed by atoms with van der Waals surface area (Å²) in [4.78, 5) is 19.1. The van der Waals surface area contributed by atoms with Crippen molar-refractivity contribution in [3.63, 3.8) is 0 Å². The summed E-state index contributed by atoms with van der Waals surface area (Å²) in [5.74, 6) is 1.37. The Morgan fingerprint density at radius 2 is 1.91 bits per heavy atom. The Morgan fingerprint density at radius 1 is 1.26 bits per heavy atom. The summed E-state index contributed by atoms with van der Waals surface area (Å²) in [6.07, 6.45) is 2.14. The molecule has 1 aromatic carbocycles. The van der Waals surface area contributed by atoms with Crippen LogP contribution in [0.3, 0.4) is 0 Å². The van der Waals surface area contributed by atoms with Crippen LogP contribution in [0.15, 0.2) is 12.1 Å². The summed E-state index contributed by atoms with van der Waals surface area (Å²) >= 11 is 0. The van der Waals surface area contributed by atoms with E-state index in [4.69, 9.17) is 0 Å². The SMILES string of the molecule is Cc1cc2nc(CO)n(CC(=O)N3CCC(C)CC3)c2cc1C. The van der Waals surface area contributed by atoms with Gasteiger partial charge in [-0.3, -0.25) is 4.79 Å². The van der Waals surface area contributed by atoms with Crippen molar-refractivity contribution in [3.8, 4) is 0 Å². The molecule has 0 spiro atoms. The average Bonchev–Trinajstić information content (AvgIpc) is 2.85. The molecule has 1 fully saturated rings. The van der Waals surface area contributed by atoms with Gasteiger partial charge in [-0.1, -0.05) is 6.92 Å². The first kappa shape index (κ1) is 16.0. The molecule has 0 bridgehead atoms. The first-order valence-corrected chi connectivity index (χ1v) is 8.34. The van der Waals surface area contributed by atoms with Gasteiger partial charge in [0.2, 0.25) is 5.91 Å². The van der Waals surface area contributed by atoms with E-state index in [0.29, 0.717) is 11.7 Å². The fourth-order valence-electron chi connectivity index (χ4n) is 3.22. The van der Waals surface area contributed by atoms with Crippen molar-refractivity contribution in [3.05, 3.63) is 29.1 Å². The largest absolute Gasteiger partial charge is 0.388 e. The Morgan fingerprint density at radius 3 is 2.57 bits per heavy atom. The van der Waals surface area contributed by atoms with Crippen molar-refractivity contribution in [2.75, 3.05) is 13.1 Å². The van der Waals surface area contributed by atoms with Crippen molar-refractivity contribution in [1.82, 2.24) is 14.5 Å². The number of rotatable bonds is 3. The number of amides is 1. The third-order valence-corrected chi connectivity index (χ3v) is 5.01. The second-order valence-electron chi connectivity index (χ2n) is 6.76. The van der Waals surface area contributed by atoms with Gasteiger partial charge in [0.1, 0.15) is 19.0 Å². The van der Waals surface area contributed by atoms with Crippen LogP contribution in [0.1, 0.15) is 36.7 Å². The van der Waals surface area contributed by atoms with Gasteiger partial charge in [0, 0.05) is 13.1 Å². The Kier molecular flexibility index (Phi) is 4.39. The van der Waals surface area contributed by atoms with Crippen LogP contribution in [0.2, 0.25) is 0 Å². The zero-order valence-electron chi connectivity index (χ0n) is 14.2. The van der Waals surface area contributed by atoms with E-state index in [1.54, 1.807) is 0 Å². The van der Waals surface area contributed by atoms with E-state index in [1.165, 1.54) is 11.1 Å². The molecule has 1 amide bonds. The minimum absolute atomic E-state index is 0.115. The van der Waals surface area contributed by atoms with Crippen LogP contribution < -0.4 is 0 Å². The second-order valence-corrected chi connectivity index (χ2v) is 6.76. The van der Waals surface area contributed by atoms with Gasteiger partial charge in [-0.25, -0.2) is 4.98 Å². The minimum Gasteiger partial charge on any atom is -0.388 e. The van der Waals surface area contributed by atoms with Crippen molar-refractivity contribution in [2.45, 2.75) is 46.8 Å². The number of aliphatic hydroxyl groups is 1. The molecule has 0 aliphatic carbocycles. The average molecular weight is 315 g/mol. The summed E-state index contributed by atoms with van der Waals surface area (Å²) in [5, 5.41) is 9.61. The number of fused-ring (bicyclic) bond motifs is 1. The quantitative estimate of drug-likeness (QED) is 0.946. The Bertz CT molecular complexity index is 727. The van der Waals surface area contributed by atoms with Gasteiger partial charge >= 0.3 is 0 Å². The summed E-state index contributed by atoms with van der Waals surface area (Å²) in [7, 11) is 0. The van der Waals surface area contributed by atoms with E-state index in [1.807, 2.05) is 22.5 Å². The molecule has 2 aromatic rings. The molecule has 0 saturated carbocycles. The number of piperidine rings is 1. The van der Waals surface area contributed by atoms with E-state index in [-0.39, 0.29) is 19.1 Å². The minimum atomic E-state index is -0.156. The van der Waals surface area contributed by atoms with Gasteiger partial charge in [-0.2, -0.15) is 0 Å². The number of nitrogens with zero attached hydrogens (tertiary/aromatic N) is 3. The van der Waals surface area contributed by atoms with Crippen molar-refractivity contribution in [1.29, 1.82) is 0 Å². The van der Waals surface area contributed by atoms with E-state index < -0.39 is 0 Å². The Hall–Kier alpha value is -1.88. The smallest absolute Gasteiger partial charge is 0.242 e. The van der Waals surface area contributed by atoms with Crippen molar-refractivity contribution in [2.24, 2.45) is 5.92 Å². The number of aromatic nitrogens is 2. The Balaban J connectivity index is 1.89. The molecule has 1 saturated heterocycles. The lowest BCUT2D eigenvalue weighted by molar-refractivity contribution is -0.133. The summed E-state index contributed by atoms with van der Waals surface area (Å²) < 4.78 is 1.86. The van der Waals surface area contributed by atoms with Gasteiger partial charge in [0.25, 0.3) is 0 Å². The number of carbonyl (C=O) groups excluding carboxylic acids is 1. The second kappa shape index (κ2) is 6.32. The monoisotopic (exact) mass is 315 g/mol. The van der Waals surface area contributed by atoms with Crippen LogP contribution in [0.5, 0.6) is 0 Å². The topological polar surface area (TPSA) is 58.4 Å². The molecule has 1 aromatic heterocycles. The number of imidazole rings is 1. The first-order chi connectivity index (χ1) is 11.0. The predicted octanol–water partition coefficient (Wildman–Crippen LogP) is 2.40. The van der Waals surface area contributed by atoms with Gasteiger partial charge in [-0.15, -0.1) is 0 Å². The highest BCUT2D eigenvalue weighted by Crippen LogP contribution is 2.22. The molecule has 23 heavy (non-hydrogen) atoms. The number of carbonyl (C=O) groups is 1. The maximum atomic E-state index is 12.6. The molecule has 1 N–H and O–H groups in total. The summed E-state index contributed by atoms with van der Waals surface area (Å²) in [6.45, 7) is 8.10. The molecule has 3 rings (SSSR count). The number of hydrogen-bond donors (Lipinski definition) is 1. The third kappa shape index (κ3) is 3.11. The first-order valence-electron chi connectivity index (χ1n) is 8.34. The molecule has 5 heteroatoms. The van der Waals surface area contributed by atoms with Crippen LogP contribution in [0, 0.1) is 19.8 Å². The zero-order chi connectivity index (χ0) is 16.6. The lowest BCUT2D eigenvalue weighted by Gasteiger charge is -2.30. The Labute approximate surface area is 136 Å². The maximum Gasteiger partial charge on any atom is 0.242 e. The fraction of sp³-hybridized carbons (Fsp3) is 0.556. The highest BCUT2D eigenvalue weighted by atomic mass is 16.3. The number of hydrogen-bond acceptors (Lipinski definition) is 3. The van der Waals surface area contributed by atoms with Crippen molar-refractivity contribution >= 4 is 16.9 Å². The van der Waals surface area contributed by atoms with E-state index in [9.17, 15) is 9.90 Å². The maximum absolute atomic E-state index is 12.6. The summed E-state index contributed by atoms with van der Waals surface area (Å²) in [5.41, 5.74) is 4.11. The summed E-state index contributed by atoms with van der Waals surface area (Å²) in [6, 6.07) is 4.08. The highest BCUT2D eigenvalue weighted by Gasteiger charge is 2.22. The fourth-order valence-corrected chi connectivity index (χ4v) is 3.22. The molecule has 1 aliphatic heterocycles. The molecular formula is C18H25N3O2. The molecule has 0 unspecified atom stereocenters. The molecule has 5 nitrogen and oxygen atoms in total. The van der Waals surface area contributed by atoms with Gasteiger partial charge in [0.05, 0.1) is 11.0 Å². The number of benzene rings is 1. The van der Waals surface area contributed by atoms with Crippen LogP contribution in [0.25, 0.3) is 11.0 Å². The molecule has 0 atom stereocenters. The molecule has 124 valence electrons. The lowest BCUT2D eigenvalue weighted by Crippen LogP contribution is -2.39. The van der Waals surface area contributed by atoms with Crippen LogP contribution >= 0.6 is 0 Å². The number of aryl methyl sites for hydroxylation is 2. The lowest BCUT2D eigenvalue weighted by atomic mass is 9.99. The van der Waals surface area contributed by atoms with Crippen LogP contribution in [-0.4, -0.2) is 38.6 Å². The zero-order valence-corrected chi connectivity index (χ0v) is 14.2. The van der Waals surface area contributed by atoms with E-state index in [0.717, 1.165) is 37.0 Å². The van der Waals surface area contributed by atoms with Crippen LogP contribution in [0.4, 0.5) is 0 Å². The van der Waals surface area contributed by atoms with E-state index in [2.05, 4.69) is 24.9 Å². The van der Waals surface area contributed by atoms with Gasteiger partial charge < -0.3 is 14.6 Å². The van der Waals surface area contributed by atoms with Gasteiger partial charge in [-0.05, 0) is 55.9 Å². The third-order valence-electron chi connectivity index (χ3n) is 5.01. The standard InChI is InChI=1S/C18H25N3O2/c1-12-4-6-20(7-5-12)18(23)10-21-16-9-14(3)13(2)8-15(16)19-17(21)11-22/h8-9,12,22H,4-7,10-11H2,1-3H3. The number of likely N-dealkylation sites (tertiary alicyclic amines) is 1. The van der Waals surface area contributed by atoms with E-state index >= 15 is 0 Å².